The lowest BCUT2D eigenvalue weighted by molar-refractivity contribution is -0.124. The maximum atomic E-state index is 11.7. The van der Waals surface area contributed by atoms with Gasteiger partial charge in [-0.05, 0) is 26.3 Å². The molecule has 2 heteroatoms. The molecule has 2 nitrogen and oxygen atoms in total. The molecule has 0 heterocycles. The molecule has 1 aliphatic rings. The van der Waals surface area contributed by atoms with Crippen LogP contribution < -0.4 is 5.32 Å². The molecule has 1 aliphatic carbocycles. The second-order valence-corrected chi connectivity index (χ2v) is 3.63. The topological polar surface area (TPSA) is 29.1 Å². The summed E-state index contributed by atoms with van der Waals surface area (Å²) < 4.78 is 0. The minimum atomic E-state index is 0.105. The van der Waals surface area contributed by atoms with Crippen molar-refractivity contribution < 1.29 is 4.79 Å². The standard InChI is InChI=1S/C10H19NO/c1-3-9(11-2)10(12)8-6-4-5-7-8/h8-9,11H,3-7H2,1-2H3. The molecule has 0 aromatic carbocycles. The lowest BCUT2D eigenvalue weighted by atomic mass is 9.95. The Labute approximate surface area is 74.7 Å². The Morgan fingerprint density at radius 2 is 2.08 bits per heavy atom. The van der Waals surface area contributed by atoms with E-state index in [2.05, 4.69) is 12.2 Å². The first-order chi connectivity index (χ1) is 5.79. The molecule has 0 aromatic heterocycles. The van der Waals surface area contributed by atoms with Gasteiger partial charge in [0.25, 0.3) is 0 Å². The van der Waals surface area contributed by atoms with Gasteiger partial charge in [0, 0.05) is 5.92 Å². The van der Waals surface area contributed by atoms with Crippen LogP contribution in [0.3, 0.4) is 0 Å². The van der Waals surface area contributed by atoms with E-state index in [0.717, 1.165) is 19.3 Å². The van der Waals surface area contributed by atoms with E-state index in [-0.39, 0.29) is 6.04 Å². The molecule has 1 atom stereocenters. The largest absolute Gasteiger partial charge is 0.311 e. The van der Waals surface area contributed by atoms with Crippen molar-refractivity contribution in [2.24, 2.45) is 5.92 Å². The van der Waals surface area contributed by atoms with Gasteiger partial charge >= 0.3 is 0 Å². The third-order valence-corrected chi connectivity index (χ3v) is 2.86. The number of carbonyl (C=O) groups is 1. The molecular formula is C10H19NO. The summed E-state index contributed by atoms with van der Waals surface area (Å²) in [6.45, 7) is 2.06. The highest BCUT2D eigenvalue weighted by Gasteiger charge is 2.26. The number of ketones is 1. The van der Waals surface area contributed by atoms with Crippen LogP contribution in [0.1, 0.15) is 39.0 Å². The van der Waals surface area contributed by atoms with E-state index in [1.165, 1.54) is 12.8 Å². The van der Waals surface area contributed by atoms with Crippen molar-refractivity contribution in [1.29, 1.82) is 0 Å². The van der Waals surface area contributed by atoms with Crippen LogP contribution in [0.5, 0.6) is 0 Å². The highest BCUT2D eigenvalue weighted by molar-refractivity contribution is 5.86. The van der Waals surface area contributed by atoms with Gasteiger partial charge in [0.05, 0.1) is 6.04 Å². The van der Waals surface area contributed by atoms with Gasteiger partial charge in [0.2, 0.25) is 0 Å². The summed E-state index contributed by atoms with van der Waals surface area (Å²) in [5.74, 6) is 0.805. The molecule has 1 saturated carbocycles. The molecule has 70 valence electrons. The fourth-order valence-electron chi connectivity index (χ4n) is 2.04. The van der Waals surface area contributed by atoms with Gasteiger partial charge in [-0.15, -0.1) is 0 Å². The molecule has 0 amide bonds. The number of hydrogen-bond donors (Lipinski definition) is 1. The fourth-order valence-corrected chi connectivity index (χ4v) is 2.04. The molecule has 0 aromatic rings. The monoisotopic (exact) mass is 169 g/mol. The number of Topliss-reactive ketones (excluding diaryl/α,β-unsaturated/α-hetero) is 1. The van der Waals surface area contributed by atoms with E-state index >= 15 is 0 Å². The van der Waals surface area contributed by atoms with E-state index in [4.69, 9.17) is 0 Å². The summed E-state index contributed by atoms with van der Waals surface area (Å²) in [5.41, 5.74) is 0. The van der Waals surface area contributed by atoms with Crippen LogP contribution in [0.25, 0.3) is 0 Å². The van der Waals surface area contributed by atoms with Crippen LogP contribution in [0.15, 0.2) is 0 Å². The van der Waals surface area contributed by atoms with Gasteiger partial charge in [-0.1, -0.05) is 19.8 Å². The average Bonchev–Trinajstić information content (AvgIpc) is 2.58. The van der Waals surface area contributed by atoms with E-state index in [1.54, 1.807) is 0 Å². The highest BCUT2D eigenvalue weighted by Crippen LogP contribution is 2.26. The van der Waals surface area contributed by atoms with Crippen molar-refractivity contribution in [3.8, 4) is 0 Å². The first-order valence-corrected chi connectivity index (χ1v) is 5.00. The van der Waals surface area contributed by atoms with Crippen LogP contribution in [0.4, 0.5) is 0 Å². The van der Waals surface area contributed by atoms with Crippen molar-refractivity contribution in [3.05, 3.63) is 0 Å². The average molecular weight is 169 g/mol. The summed E-state index contributed by atoms with van der Waals surface area (Å²) in [7, 11) is 1.88. The van der Waals surface area contributed by atoms with Crippen LogP contribution in [-0.4, -0.2) is 18.9 Å². The second-order valence-electron chi connectivity index (χ2n) is 3.63. The number of hydrogen-bond acceptors (Lipinski definition) is 2. The summed E-state index contributed by atoms with van der Waals surface area (Å²) in [6, 6.07) is 0.105. The smallest absolute Gasteiger partial charge is 0.152 e. The van der Waals surface area contributed by atoms with Crippen molar-refractivity contribution in [3.63, 3.8) is 0 Å². The van der Waals surface area contributed by atoms with E-state index in [0.29, 0.717) is 11.7 Å². The van der Waals surface area contributed by atoms with Crippen LogP contribution in [0.2, 0.25) is 0 Å². The number of rotatable bonds is 4. The number of likely N-dealkylation sites (N-methyl/N-ethyl adjacent to an activating group) is 1. The molecule has 0 radical (unpaired) electrons. The van der Waals surface area contributed by atoms with Crippen LogP contribution in [-0.2, 0) is 4.79 Å². The SMILES string of the molecule is CCC(NC)C(=O)C1CCCC1. The van der Waals surface area contributed by atoms with Gasteiger partial charge in [0.15, 0.2) is 5.78 Å². The van der Waals surface area contributed by atoms with E-state index in [1.807, 2.05) is 7.05 Å². The molecule has 12 heavy (non-hydrogen) atoms. The first-order valence-electron chi connectivity index (χ1n) is 5.00. The van der Waals surface area contributed by atoms with Gasteiger partial charge < -0.3 is 5.32 Å². The number of carbonyl (C=O) groups excluding carboxylic acids is 1. The van der Waals surface area contributed by atoms with Gasteiger partial charge in [-0.3, -0.25) is 4.79 Å². The lowest BCUT2D eigenvalue weighted by Gasteiger charge is -2.16. The molecule has 0 saturated heterocycles. The van der Waals surface area contributed by atoms with Gasteiger partial charge in [0.1, 0.15) is 0 Å². The van der Waals surface area contributed by atoms with Gasteiger partial charge in [-0.2, -0.15) is 0 Å². The van der Waals surface area contributed by atoms with Crippen LogP contribution in [0, 0.1) is 5.92 Å². The Morgan fingerprint density at radius 3 is 2.50 bits per heavy atom. The molecule has 0 spiro atoms. The minimum Gasteiger partial charge on any atom is -0.311 e. The van der Waals surface area contributed by atoms with Crippen molar-refractivity contribution in [2.45, 2.75) is 45.1 Å². The molecule has 1 fully saturated rings. The van der Waals surface area contributed by atoms with E-state index in [9.17, 15) is 4.79 Å². The zero-order valence-corrected chi connectivity index (χ0v) is 8.10. The maximum Gasteiger partial charge on any atom is 0.152 e. The molecule has 1 rings (SSSR count). The third-order valence-electron chi connectivity index (χ3n) is 2.86. The molecule has 1 unspecified atom stereocenters. The maximum absolute atomic E-state index is 11.7. The summed E-state index contributed by atoms with van der Waals surface area (Å²) in [4.78, 5) is 11.7. The molecule has 0 bridgehead atoms. The zero-order valence-electron chi connectivity index (χ0n) is 8.10. The Morgan fingerprint density at radius 1 is 1.50 bits per heavy atom. The predicted octanol–water partition coefficient (Wildman–Crippen LogP) is 1.74. The van der Waals surface area contributed by atoms with Crippen molar-refractivity contribution in [1.82, 2.24) is 5.32 Å². The normalized spacial score (nSPS) is 21.2. The lowest BCUT2D eigenvalue weighted by Crippen LogP contribution is -2.36. The van der Waals surface area contributed by atoms with Crippen molar-refractivity contribution >= 4 is 5.78 Å². The predicted molar refractivity (Wildman–Crippen MR) is 50.1 cm³/mol. The Balaban J connectivity index is 2.43. The summed E-state index contributed by atoms with van der Waals surface area (Å²) in [6.07, 6.45) is 5.66. The Hall–Kier alpha value is -0.370. The fraction of sp³-hybridized carbons (Fsp3) is 0.900. The third kappa shape index (κ3) is 2.07. The Bertz CT molecular complexity index is 142. The number of nitrogens with one attached hydrogen (secondary N) is 1. The minimum absolute atomic E-state index is 0.105. The molecule has 1 N–H and O–H groups in total. The van der Waals surface area contributed by atoms with E-state index < -0.39 is 0 Å². The highest BCUT2D eigenvalue weighted by atomic mass is 16.1. The van der Waals surface area contributed by atoms with Crippen LogP contribution >= 0.6 is 0 Å². The van der Waals surface area contributed by atoms with Crippen molar-refractivity contribution in [2.75, 3.05) is 7.05 Å². The quantitative estimate of drug-likeness (QED) is 0.694. The zero-order chi connectivity index (χ0) is 8.97. The first kappa shape index (κ1) is 9.72. The second kappa shape index (κ2) is 4.61. The Kier molecular flexibility index (Phi) is 3.73. The summed E-state index contributed by atoms with van der Waals surface area (Å²) in [5, 5.41) is 3.08. The summed E-state index contributed by atoms with van der Waals surface area (Å²) >= 11 is 0. The molecular weight excluding hydrogens is 150 g/mol. The van der Waals surface area contributed by atoms with Gasteiger partial charge in [-0.25, -0.2) is 0 Å². The molecule has 0 aliphatic heterocycles.